The maximum atomic E-state index is 13.9. The SMILES string of the molecule is COc1cccc(-c2[nH]c3ccccc3c2[C@@H]2c3ccccc3C(=O)N2[C@@H](C)c2ccccc2)c1. The molecule has 4 nitrogen and oxygen atoms in total. The Morgan fingerprint density at radius 1 is 0.857 bits per heavy atom. The summed E-state index contributed by atoms with van der Waals surface area (Å²) in [4.78, 5) is 19.6. The van der Waals surface area contributed by atoms with E-state index >= 15 is 0 Å². The monoisotopic (exact) mass is 458 g/mol. The Labute approximate surface area is 204 Å². The maximum Gasteiger partial charge on any atom is 0.255 e. The number of amides is 1. The first-order valence-corrected chi connectivity index (χ1v) is 11.9. The second-order valence-corrected chi connectivity index (χ2v) is 8.98. The number of aromatic nitrogens is 1. The molecule has 0 radical (unpaired) electrons. The molecule has 0 aliphatic carbocycles. The molecule has 1 aromatic heterocycles. The average Bonchev–Trinajstić information content (AvgIpc) is 3.44. The lowest BCUT2D eigenvalue weighted by Gasteiger charge is -2.32. The first kappa shape index (κ1) is 21.2. The molecule has 2 heterocycles. The van der Waals surface area contributed by atoms with Gasteiger partial charge in [0.15, 0.2) is 0 Å². The molecular weight excluding hydrogens is 432 g/mol. The molecule has 6 rings (SSSR count). The van der Waals surface area contributed by atoms with Crippen molar-refractivity contribution in [2.75, 3.05) is 7.11 Å². The molecule has 4 heteroatoms. The van der Waals surface area contributed by atoms with Crippen LogP contribution in [0.1, 0.15) is 46.1 Å². The number of nitrogens with zero attached hydrogens (tertiary/aromatic N) is 1. The number of para-hydroxylation sites is 1. The zero-order valence-electron chi connectivity index (χ0n) is 19.7. The Kier molecular flexibility index (Phi) is 5.14. The second kappa shape index (κ2) is 8.48. The molecule has 172 valence electrons. The molecule has 2 atom stereocenters. The lowest BCUT2D eigenvalue weighted by atomic mass is 9.92. The summed E-state index contributed by atoms with van der Waals surface area (Å²) in [7, 11) is 1.68. The van der Waals surface area contributed by atoms with E-state index in [1.165, 1.54) is 0 Å². The number of rotatable bonds is 5. The molecule has 1 aliphatic heterocycles. The molecule has 4 aromatic carbocycles. The van der Waals surface area contributed by atoms with E-state index in [1.807, 2.05) is 65.6 Å². The minimum absolute atomic E-state index is 0.0591. The molecule has 0 unspecified atom stereocenters. The molecule has 0 fully saturated rings. The highest BCUT2D eigenvalue weighted by Gasteiger charge is 2.42. The van der Waals surface area contributed by atoms with Crippen LogP contribution in [-0.4, -0.2) is 22.9 Å². The lowest BCUT2D eigenvalue weighted by Crippen LogP contribution is -2.31. The van der Waals surface area contributed by atoms with Crippen molar-refractivity contribution in [2.45, 2.75) is 19.0 Å². The quantitative estimate of drug-likeness (QED) is 0.304. The largest absolute Gasteiger partial charge is 0.497 e. The van der Waals surface area contributed by atoms with Crippen LogP contribution in [0.2, 0.25) is 0 Å². The smallest absolute Gasteiger partial charge is 0.255 e. The molecule has 35 heavy (non-hydrogen) atoms. The van der Waals surface area contributed by atoms with Gasteiger partial charge >= 0.3 is 0 Å². The lowest BCUT2D eigenvalue weighted by molar-refractivity contribution is 0.0678. The van der Waals surface area contributed by atoms with Gasteiger partial charge in [0.1, 0.15) is 5.75 Å². The van der Waals surface area contributed by atoms with Gasteiger partial charge in [-0.15, -0.1) is 0 Å². The highest BCUT2D eigenvalue weighted by molar-refractivity contribution is 6.02. The summed E-state index contributed by atoms with van der Waals surface area (Å²) >= 11 is 0. The van der Waals surface area contributed by atoms with Gasteiger partial charge in [0.2, 0.25) is 0 Å². The second-order valence-electron chi connectivity index (χ2n) is 8.98. The number of methoxy groups -OCH3 is 1. The highest BCUT2D eigenvalue weighted by Crippen LogP contribution is 2.48. The van der Waals surface area contributed by atoms with Crippen LogP contribution in [0.4, 0.5) is 0 Å². The molecule has 1 N–H and O–H groups in total. The number of ether oxygens (including phenoxy) is 1. The number of carbonyl (C=O) groups is 1. The fourth-order valence-corrected chi connectivity index (χ4v) is 5.38. The van der Waals surface area contributed by atoms with Gasteiger partial charge in [-0.1, -0.05) is 78.9 Å². The van der Waals surface area contributed by atoms with E-state index in [0.29, 0.717) is 0 Å². The molecule has 5 aromatic rings. The normalized spacial score (nSPS) is 15.9. The van der Waals surface area contributed by atoms with Gasteiger partial charge in [-0.25, -0.2) is 0 Å². The molecule has 1 aliphatic rings. The Balaban J connectivity index is 1.63. The molecule has 0 saturated carbocycles. The third-order valence-electron chi connectivity index (χ3n) is 7.08. The number of carbonyl (C=O) groups excluding carboxylic acids is 1. The number of H-pyrrole nitrogens is 1. The predicted octanol–water partition coefficient (Wildman–Crippen LogP) is 7.15. The zero-order chi connectivity index (χ0) is 23.9. The third kappa shape index (κ3) is 3.41. The van der Waals surface area contributed by atoms with Crippen LogP contribution < -0.4 is 4.74 Å². The van der Waals surface area contributed by atoms with Crippen molar-refractivity contribution in [3.63, 3.8) is 0 Å². The Bertz CT molecular complexity index is 1540. The number of nitrogens with one attached hydrogen (secondary N) is 1. The van der Waals surface area contributed by atoms with Gasteiger partial charge in [-0.05, 0) is 42.3 Å². The summed E-state index contributed by atoms with van der Waals surface area (Å²) in [6.45, 7) is 2.12. The van der Waals surface area contributed by atoms with Gasteiger partial charge in [0.25, 0.3) is 5.91 Å². The van der Waals surface area contributed by atoms with Crippen molar-refractivity contribution < 1.29 is 9.53 Å². The summed E-state index contributed by atoms with van der Waals surface area (Å²) in [5.41, 5.74) is 7.10. The fourth-order valence-electron chi connectivity index (χ4n) is 5.38. The van der Waals surface area contributed by atoms with Crippen molar-refractivity contribution in [3.05, 3.63) is 125 Å². The van der Waals surface area contributed by atoms with E-state index in [-0.39, 0.29) is 18.0 Å². The highest BCUT2D eigenvalue weighted by atomic mass is 16.5. The summed E-state index contributed by atoms with van der Waals surface area (Å²) in [6, 6.07) is 34.3. The van der Waals surface area contributed by atoms with E-state index in [1.54, 1.807) is 7.11 Å². The molecule has 0 bridgehead atoms. The number of benzene rings is 4. The summed E-state index contributed by atoms with van der Waals surface area (Å²) in [5.74, 6) is 0.855. The standard InChI is InChI=1S/C31H26N2O2/c1-20(21-11-4-3-5-12-21)33-30(24-15-6-7-16-25(24)31(33)34)28-26-17-8-9-18-27(26)32-29(28)22-13-10-14-23(19-22)35-2/h3-20,30,32H,1-2H3/t20-,30-/m0/s1. The topological polar surface area (TPSA) is 45.3 Å². The maximum absolute atomic E-state index is 13.9. The Morgan fingerprint density at radius 2 is 1.60 bits per heavy atom. The molecule has 0 spiro atoms. The van der Waals surface area contributed by atoms with Crippen molar-refractivity contribution in [3.8, 4) is 17.0 Å². The van der Waals surface area contributed by atoms with Crippen molar-refractivity contribution in [2.24, 2.45) is 0 Å². The van der Waals surface area contributed by atoms with Crippen LogP contribution in [0.25, 0.3) is 22.2 Å². The minimum Gasteiger partial charge on any atom is -0.497 e. The third-order valence-corrected chi connectivity index (χ3v) is 7.08. The first-order chi connectivity index (χ1) is 17.2. The van der Waals surface area contributed by atoms with E-state index in [0.717, 1.165) is 50.2 Å². The summed E-state index contributed by atoms with van der Waals surface area (Å²) < 4.78 is 5.53. The fraction of sp³-hybridized carbons (Fsp3) is 0.129. The number of fused-ring (bicyclic) bond motifs is 2. The average molecular weight is 459 g/mol. The van der Waals surface area contributed by atoms with E-state index < -0.39 is 0 Å². The zero-order valence-corrected chi connectivity index (χ0v) is 19.7. The van der Waals surface area contributed by atoms with Gasteiger partial charge < -0.3 is 14.6 Å². The van der Waals surface area contributed by atoms with E-state index in [2.05, 4.69) is 54.4 Å². The van der Waals surface area contributed by atoms with Crippen molar-refractivity contribution in [1.29, 1.82) is 0 Å². The van der Waals surface area contributed by atoms with Crippen LogP contribution in [-0.2, 0) is 0 Å². The minimum atomic E-state index is -0.230. The van der Waals surface area contributed by atoms with Gasteiger partial charge in [-0.3, -0.25) is 4.79 Å². The van der Waals surface area contributed by atoms with Crippen LogP contribution >= 0.6 is 0 Å². The Morgan fingerprint density at radius 3 is 2.43 bits per heavy atom. The van der Waals surface area contributed by atoms with E-state index in [9.17, 15) is 4.79 Å². The van der Waals surface area contributed by atoms with Crippen LogP contribution in [0.3, 0.4) is 0 Å². The molecule has 0 saturated heterocycles. The predicted molar refractivity (Wildman–Crippen MR) is 140 cm³/mol. The van der Waals surface area contributed by atoms with Crippen molar-refractivity contribution >= 4 is 16.8 Å². The van der Waals surface area contributed by atoms with Crippen LogP contribution in [0, 0.1) is 0 Å². The number of hydrogen-bond acceptors (Lipinski definition) is 2. The molecule has 1 amide bonds. The van der Waals surface area contributed by atoms with E-state index in [4.69, 9.17) is 4.74 Å². The summed E-state index contributed by atoms with van der Waals surface area (Å²) in [5, 5.41) is 1.12. The summed E-state index contributed by atoms with van der Waals surface area (Å²) in [6.07, 6.45) is 0. The van der Waals surface area contributed by atoms with Crippen LogP contribution in [0.5, 0.6) is 5.75 Å². The first-order valence-electron chi connectivity index (χ1n) is 11.9. The van der Waals surface area contributed by atoms with Gasteiger partial charge in [0, 0.05) is 27.6 Å². The van der Waals surface area contributed by atoms with Crippen LogP contribution in [0.15, 0.2) is 103 Å². The van der Waals surface area contributed by atoms with Gasteiger partial charge in [-0.2, -0.15) is 0 Å². The van der Waals surface area contributed by atoms with Crippen molar-refractivity contribution in [1.82, 2.24) is 9.88 Å². The van der Waals surface area contributed by atoms with Gasteiger partial charge in [0.05, 0.1) is 24.9 Å². The number of aromatic amines is 1. The number of hydrogen-bond donors (Lipinski definition) is 1. The Hall–Kier alpha value is -4.31. The molecular formula is C31H26N2O2.